The minimum atomic E-state index is -0.0221. The number of H-pyrrole nitrogens is 1. The third-order valence-electron chi connectivity index (χ3n) is 1.82. The molecule has 1 N–H and O–H groups in total. The fourth-order valence-electron chi connectivity index (χ4n) is 0.886. The number of hydrogen-bond acceptors (Lipinski definition) is 3. The first-order valence-electron chi connectivity index (χ1n) is 4.35. The highest BCUT2D eigenvalue weighted by atomic mass is 32.2. The van der Waals surface area contributed by atoms with Crippen molar-refractivity contribution in [3.05, 3.63) is 21.6 Å². The Morgan fingerprint density at radius 2 is 2.15 bits per heavy atom. The van der Waals surface area contributed by atoms with Crippen LogP contribution in [0.3, 0.4) is 0 Å². The number of nitrogens with zero attached hydrogens (tertiary/aromatic N) is 1. The van der Waals surface area contributed by atoms with E-state index in [4.69, 9.17) is 0 Å². The molecule has 0 bridgehead atoms. The highest BCUT2D eigenvalue weighted by Gasteiger charge is 2.02. The summed E-state index contributed by atoms with van der Waals surface area (Å²) in [7, 11) is 0. The molecule has 13 heavy (non-hydrogen) atoms. The van der Waals surface area contributed by atoms with E-state index < -0.39 is 0 Å². The van der Waals surface area contributed by atoms with Gasteiger partial charge in [0.1, 0.15) is 0 Å². The zero-order valence-corrected chi connectivity index (χ0v) is 8.99. The van der Waals surface area contributed by atoms with E-state index in [-0.39, 0.29) is 5.56 Å². The molecule has 0 saturated heterocycles. The average Bonchev–Trinajstić information content (AvgIpc) is 2.10. The van der Waals surface area contributed by atoms with Gasteiger partial charge in [0.25, 0.3) is 5.56 Å². The van der Waals surface area contributed by atoms with Gasteiger partial charge in [-0.25, -0.2) is 4.98 Å². The summed E-state index contributed by atoms with van der Waals surface area (Å²) in [6, 6.07) is 0. The van der Waals surface area contributed by atoms with Crippen LogP contribution in [0.5, 0.6) is 0 Å². The lowest BCUT2D eigenvalue weighted by molar-refractivity contribution is 0.882. The third-order valence-corrected chi connectivity index (χ3v) is 2.90. The SMILES string of the molecule is CCCSc1nc(C)c(C)c(=O)[nH]1. The van der Waals surface area contributed by atoms with Gasteiger partial charge in [-0.3, -0.25) is 4.79 Å². The maximum absolute atomic E-state index is 11.3. The molecular weight excluding hydrogens is 184 g/mol. The lowest BCUT2D eigenvalue weighted by Crippen LogP contribution is -2.14. The van der Waals surface area contributed by atoms with Crippen molar-refractivity contribution in [1.82, 2.24) is 9.97 Å². The zero-order valence-electron chi connectivity index (χ0n) is 8.18. The normalized spacial score (nSPS) is 10.4. The predicted molar refractivity (Wildman–Crippen MR) is 55.3 cm³/mol. The van der Waals surface area contributed by atoms with Gasteiger partial charge in [-0.2, -0.15) is 0 Å². The van der Waals surface area contributed by atoms with Crippen LogP contribution >= 0.6 is 11.8 Å². The fraction of sp³-hybridized carbons (Fsp3) is 0.556. The molecule has 0 aliphatic rings. The zero-order chi connectivity index (χ0) is 9.84. The summed E-state index contributed by atoms with van der Waals surface area (Å²) in [6.07, 6.45) is 1.08. The first kappa shape index (κ1) is 10.3. The van der Waals surface area contributed by atoms with Crippen molar-refractivity contribution in [1.29, 1.82) is 0 Å². The van der Waals surface area contributed by atoms with Gasteiger partial charge in [0.15, 0.2) is 5.16 Å². The summed E-state index contributed by atoms with van der Waals surface area (Å²) >= 11 is 1.59. The Morgan fingerprint density at radius 3 is 2.69 bits per heavy atom. The summed E-state index contributed by atoms with van der Waals surface area (Å²) in [5.74, 6) is 0.992. The molecule has 0 atom stereocenters. The number of thioether (sulfide) groups is 1. The molecule has 1 aromatic heterocycles. The lowest BCUT2D eigenvalue weighted by Gasteiger charge is -2.02. The van der Waals surface area contributed by atoms with Crippen molar-refractivity contribution in [2.45, 2.75) is 32.3 Å². The number of aromatic amines is 1. The Hall–Kier alpha value is -0.770. The Balaban J connectivity index is 2.93. The molecule has 1 rings (SSSR count). The second-order valence-electron chi connectivity index (χ2n) is 2.93. The van der Waals surface area contributed by atoms with Crippen LogP contribution in [0, 0.1) is 13.8 Å². The highest BCUT2D eigenvalue weighted by molar-refractivity contribution is 7.99. The molecule has 72 valence electrons. The molecule has 0 saturated carbocycles. The second-order valence-corrected chi connectivity index (χ2v) is 4.01. The van der Waals surface area contributed by atoms with Crippen LogP contribution in [0.1, 0.15) is 24.6 Å². The minimum absolute atomic E-state index is 0.0221. The molecule has 3 nitrogen and oxygen atoms in total. The summed E-state index contributed by atoms with van der Waals surface area (Å²) in [4.78, 5) is 18.3. The molecule has 0 radical (unpaired) electrons. The van der Waals surface area contributed by atoms with Gasteiger partial charge in [-0.1, -0.05) is 18.7 Å². The van der Waals surface area contributed by atoms with Crippen LogP contribution in [0.4, 0.5) is 0 Å². The maximum Gasteiger partial charge on any atom is 0.254 e. The number of aryl methyl sites for hydroxylation is 1. The third kappa shape index (κ3) is 2.59. The van der Waals surface area contributed by atoms with Gasteiger partial charge in [0, 0.05) is 17.0 Å². The molecule has 0 fully saturated rings. The molecular formula is C9H14N2OS. The van der Waals surface area contributed by atoms with E-state index in [9.17, 15) is 4.79 Å². The van der Waals surface area contributed by atoms with E-state index in [1.807, 2.05) is 6.92 Å². The standard InChI is InChI=1S/C9H14N2OS/c1-4-5-13-9-10-7(3)6(2)8(12)11-9/h4-5H2,1-3H3,(H,10,11,12). The van der Waals surface area contributed by atoms with Crippen molar-refractivity contribution in [2.24, 2.45) is 0 Å². The Morgan fingerprint density at radius 1 is 1.46 bits per heavy atom. The van der Waals surface area contributed by atoms with Crippen molar-refractivity contribution >= 4 is 11.8 Å². The van der Waals surface area contributed by atoms with E-state index in [1.54, 1.807) is 18.7 Å². The van der Waals surface area contributed by atoms with E-state index in [0.29, 0.717) is 5.56 Å². The maximum atomic E-state index is 11.3. The van der Waals surface area contributed by atoms with Crippen LogP contribution in [0.2, 0.25) is 0 Å². The van der Waals surface area contributed by atoms with E-state index in [2.05, 4.69) is 16.9 Å². The van der Waals surface area contributed by atoms with Gasteiger partial charge < -0.3 is 4.98 Å². The molecule has 0 aliphatic heterocycles. The van der Waals surface area contributed by atoms with E-state index in [0.717, 1.165) is 23.0 Å². The van der Waals surface area contributed by atoms with Gasteiger partial charge in [0.2, 0.25) is 0 Å². The van der Waals surface area contributed by atoms with Crippen molar-refractivity contribution in [3.8, 4) is 0 Å². The Bertz CT molecular complexity index is 346. The van der Waals surface area contributed by atoms with Gasteiger partial charge in [0.05, 0.1) is 0 Å². The van der Waals surface area contributed by atoms with Crippen LogP contribution in [-0.2, 0) is 0 Å². The molecule has 4 heteroatoms. The van der Waals surface area contributed by atoms with Crippen molar-refractivity contribution < 1.29 is 0 Å². The number of nitrogens with one attached hydrogen (secondary N) is 1. The van der Waals surface area contributed by atoms with Crippen LogP contribution in [0.15, 0.2) is 9.95 Å². The first-order valence-corrected chi connectivity index (χ1v) is 5.34. The topological polar surface area (TPSA) is 45.8 Å². The molecule has 0 aliphatic carbocycles. The van der Waals surface area contributed by atoms with Gasteiger partial charge in [-0.05, 0) is 20.3 Å². The monoisotopic (exact) mass is 198 g/mol. The second kappa shape index (κ2) is 4.46. The number of hydrogen-bond donors (Lipinski definition) is 1. The minimum Gasteiger partial charge on any atom is -0.301 e. The quantitative estimate of drug-likeness (QED) is 0.596. The molecule has 0 spiro atoms. The lowest BCUT2D eigenvalue weighted by atomic mass is 10.3. The highest BCUT2D eigenvalue weighted by Crippen LogP contribution is 2.12. The fourth-order valence-corrected chi connectivity index (χ4v) is 1.65. The van der Waals surface area contributed by atoms with Gasteiger partial charge >= 0.3 is 0 Å². The molecule has 1 heterocycles. The molecule has 0 amide bonds. The van der Waals surface area contributed by atoms with Crippen molar-refractivity contribution in [2.75, 3.05) is 5.75 Å². The van der Waals surface area contributed by atoms with E-state index in [1.165, 1.54) is 0 Å². The van der Waals surface area contributed by atoms with Crippen LogP contribution in [-0.4, -0.2) is 15.7 Å². The summed E-state index contributed by atoms with van der Waals surface area (Å²) in [6.45, 7) is 5.75. The van der Waals surface area contributed by atoms with Crippen LogP contribution < -0.4 is 5.56 Å². The summed E-state index contributed by atoms with van der Waals surface area (Å²) < 4.78 is 0. The summed E-state index contributed by atoms with van der Waals surface area (Å²) in [5, 5.41) is 0.731. The average molecular weight is 198 g/mol. The predicted octanol–water partition coefficient (Wildman–Crippen LogP) is 1.89. The molecule has 1 aromatic rings. The smallest absolute Gasteiger partial charge is 0.254 e. The first-order chi connectivity index (χ1) is 6.15. The largest absolute Gasteiger partial charge is 0.301 e. The van der Waals surface area contributed by atoms with E-state index >= 15 is 0 Å². The number of aromatic nitrogens is 2. The number of rotatable bonds is 3. The molecule has 0 unspecified atom stereocenters. The Kier molecular flexibility index (Phi) is 3.54. The Labute approximate surface area is 82.0 Å². The summed E-state index contributed by atoms with van der Waals surface area (Å²) in [5.41, 5.74) is 1.51. The van der Waals surface area contributed by atoms with Crippen molar-refractivity contribution in [3.63, 3.8) is 0 Å². The van der Waals surface area contributed by atoms with Crippen LogP contribution in [0.25, 0.3) is 0 Å². The molecule has 0 aromatic carbocycles. The van der Waals surface area contributed by atoms with Gasteiger partial charge in [-0.15, -0.1) is 0 Å².